The number of aliphatic hydroxyl groups is 1. The van der Waals surface area contributed by atoms with Gasteiger partial charge >= 0.3 is 0 Å². The number of ether oxygens (including phenoxy) is 1. The fourth-order valence-electron chi connectivity index (χ4n) is 0.588. The van der Waals surface area contributed by atoms with Gasteiger partial charge in [0.2, 0.25) is 0 Å². The molecule has 0 amide bonds. The van der Waals surface area contributed by atoms with Crippen molar-refractivity contribution in [2.75, 3.05) is 7.11 Å². The second kappa shape index (κ2) is 3.73. The minimum absolute atomic E-state index is 0.130. The Hall–Kier alpha value is 0.650. The minimum Gasteiger partial charge on any atom is -0.365 e. The first kappa shape index (κ1) is 9.65. The minimum atomic E-state index is -0.930. The molecule has 0 aromatic heterocycles. The first-order valence-electron chi connectivity index (χ1n) is 2.98. The SMILES string of the molecule is CCC(O)(OC)C(C)I. The Morgan fingerprint density at radius 1 is 1.78 bits per heavy atom. The van der Waals surface area contributed by atoms with Crippen LogP contribution in [0.5, 0.6) is 0 Å². The third-order valence-corrected chi connectivity index (χ3v) is 2.45. The molecule has 0 spiro atoms. The lowest BCUT2D eigenvalue weighted by molar-refractivity contribution is -0.180. The molecule has 56 valence electrons. The molecular formula is C6H13IO2. The van der Waals surface area contributed by atoms with Crippen LogP contribution >= 0.6 is 22.6 Å². The Balaban J connectivity index is 3.92. The van der Waals surface area contributed by atoms with Gasteiger partial charge in [0, 0.05) is 7.11 Å². The van der Waals surface area contributed by atoms with E-state index in [0.717, 1.165) is 0 Å². The molecule has 0 radical (unpaired) electrons. The van der Waals surface area contributed by atoms with Crippen LogP contribution in [0.1, 0.15) is 20.3 Å². The summed E-state index contributed by atoms with van der Waals surface area (Å²) in [5.41, 5.74) is 0. The van der Waals surface area contributed by atoms with Crippen molar-refractivity contribution >= 4 is 22.6 Å². The Bertz CT molecular complexity index is 79.1. The van der Waals surface area contributed by atoms with Crippen molar-refractivity contribution in [1.29, 1.82) is 0 Å². The number of alkyl halides is 1. The van der Waals surface area contributed by atoms with Crippen molar-refractivity contribution < 1.29 is 9.84 Å². The van der Waals surface area contributed by atoms with Gasteiger partial charge in [0.15, 0.2) is 5.79 Å². The van der Waals surface area contributed by atoms with Gasteiger partial charge in [-0.25, -0.2) is 0 Å². The van der Waals surface area contributed by atoms with Crippen LogP contribution in [0.15, 0.2) is 0 Å². The maximum absolute atomic E-state index is 9.48. The normalized spacial score (nSPS) is 21.0. The van der Waals surface area contributed by atoms with Gasteiger partial charge in [-0.05, 0) is 13.3 Å². The molecule has 1 N–H and O–H groups in total. The second-order valence-electron chi connectivity index (χ2n) is 2.02. The summed E-state index contributed by atoms with van der Waals surface area (Å²) in [6.07, 6.45) is 0.633. The molecule has 0 bridgehead atoms. The van der Waals surface area contributed by atoms with Gasteiger partial charge in [-0.1, -0.05) is 29.5 Å². The van der Waals surface area contributed by atoms with E-state index in [9.17, 15) is 5.11 Å². The number of methoxy groups -OCH3 is 1. The van der Waals surface area contributed by atoms with Gasteiger partial charge in [-0.3, -0.25) is 0 Å². The number of hydrogen-bond acceptors (Lipinski definition) is 2. The quantitative estimate of drug-likeness (QED) is 0.463. The van der Waals surface area contributed by atoms with Gasteiger partial charge in [-0.2, -0.15) is 0 Å². The van der Waals surface area contributed by atoms with Crippen LogP contribution in [0.2, 0.25) is 0 Å². The average Bonchev–Trinajstić information content (AvgIpc) is 1.86. The Kier molecular flexibility index (Phi) is 4.00. The van der Waals surface area contributed by atoms with E-state index in [4.69, 9.17) is 4.74 Å². The number of halogens is 1. The standard InChI is InChI=1S/C6H13IO2/c1-4-6(8,9-3)5(2)7/h5,8H,4H2,1-3H3. The summed E-state index contributed by atoms with van der Waals surface area (Å²) < 4.78 is 5.03. The largest absolute Gasteiger partial charge is 0.365 e. The van der Waals surface area contributed by atoms with Gasteiger partial charge < -0.3 is 9.84 Å². The van der Waals surface area contributed by atoms with Crippen LogP contribution in [0.4, 0.5) is 0 Å². The predicted octanol–water partition coefficient (Wildman–Crippen LogP) is 1.55. The lowest BCUT2D eigenvalue weighted by atomic mass is 10.1. The number of rotatable bonds is 3. The summed E-state index contributed by atoms with van der Waals surface area (Å²) >= 11 is 2.15. The summed E-state index contributed by atoms with van der Waals surface area (Å²) in [6.45, 7) is 3.83. The van der Waals surface area contributed by atoms with Crippen LogP contribution in [0, 0.1) is 0 Å². The van der Waals surface area contributed by atoms with Gasteiger partial charge in [-0.15, -0.1) is 0 Å². The summed E-state index contributed by atoms with van der Waals surface area (Å²) in [6, 6.07) is 0. The number of hydrogen-bond donors (Lipinski definition) is 1. The summed E-state index contributed by atoms with van der Waals surface area (Å²) in [5.74, 6) is -0.930. The van der Waals surface area contributed by atoms with E-state index in [2.05, 4.69) is 22.6 Å². The molecule has 0 saturated heterocycles. The van der Waals surface area contributed by atoms with Crippen LogP contribution in [0.25, 0.3) is 0 Å². The van der Waals surface area contributed by atoms with Gasteiger partial charge in [0.1, 0.15) is 0 Å². The van der Waals surface area contributed by atoms with E-state index in [1.165, 1.54) is 7.11 Å². The lowest BCUT2D eigenvalue weighted by Crippen LogP contribution is -2.38. The van der Waals surface area contributed by atoms with Crippen molar-refractivity contribution in [3.63, 3.8) is 0 Å². The van der Waals surface area contributed by atoms with E-state index in [0.29, 0.717) is 6.42 Å². The molecule has 0 aliphatic carbocycles. The van der Waals surface area contributed by atoms with E-state index in [1.54, 1.807) is 0 Å². The molecule has 0 aromatic rings. The summed E-state index contributed by atoms with van der Waals surface area (Å²) in [4.78, 5) is 0. The second-order valence-corrected chi connectivity index (χ2v) is 3.89. The highest BCUT2D eigenvalue weighted by Crippen LogP contribution is 2.22. The van der Waals surface area contributed by atoms with Crippen LogP contribution in [-0.4, -0.2) is 21.9 Å². The molecule has 9 heavy (non-hydrogen) atoms. The molecule has 0 saturated carbocycles. The molecule has 0 fully saturated rings. The average molecular weight is 244 g/mol. The predicted molar refractivity (Wildman–Crippen MR) is 45.7 cm³/mol. The lowest BCUT2D eigenvalue weighted by Gasteiger charge is -2.27. The zero-order valence-corrected chi connectivity index (χ0v) is 8.18. The molecule has 0 aliphatic heterocycles. The van der Waals surface area contributed by atoms with Crippen LogP contribution < -0.4 is 0 Å². The molecule has 0 aliphatic rings. The molecule has 0 heterocycles. The topological polar surface area (TPSA) is 29.5 Å². The van der Waals surface area contributed by atoms with Crippen molar-refractivity contribution in [3.05, 3.63) is 0 Å². The van der Waals surface area contributed by atoms with E-state index in [1.807, 2.05) is 13.8 Å². The van der Waals surface area contributed by atoms with Gasteiger partial charge in [0.25, 0.3) is 0 Å². The first-order chi connectivity index (χ1) is 4.06. The monoisotopic (exact) mass is 244 g/mol. The van der Waals surface area contributed by atoms with E-state index >= 15 is 0 Å². The molecule has 2 atom stereocenters. The van der Waals surface area contributed by atoms with Gasteiger partial charge in [0.05, 0.1) is 3.92 Å². The smallest absolute Gasteiger partial charge is 0.176 e. The molecule has 0 aromatic carbocycles. The first-order valence-corrected chi connectivity index (χ1v) is 4.23. The zero-order chi connectivity index (χ0) is 7.49. The third-order valence-electron chi connectivity index (χ3n) is 1.48. The maximum atomic E-state index is 9.48. The molecule has 2 nitrogen and oxygen atoms in total. The maximum Gasteiger partial charge on any atom is 0.176 e. The zero-order valence-electron chi connectivity index (χ0n) is 6.02. The fraction of sp³-hybridized carbons (Fsp3) is 1.00. The highest BCUT2D eigenvalue weighted by atomic mass is 127. The van der Waals surface area contributed by atoms with E-state index < -0.39 is 5.79 Å². The molecule has 0 rings (SSSR count). The Labute approximate surface area is 69.7 Å². The van der Waals surface area contributed by atoms with Crippen molar-refractivity contribution in [2.45, 2.75) is 30.0 Å². The molecular weight excluding hydrogens is 231 g/mol. The molecule has 3 heteroatoms. The Morgan fingerprint density at radius 3 is 2.22 bits per heavy atom. The highest BCUT2D eigenvalue weighted by Gasteiger charge is 2.29. The van der Waals surface area contributed by atoms with Crippen molar-refractivity contribution in [2.24, 2.45) is 0 Å². The highest BCUT2D eigenvalue weighted by molar-refractivity contribution is 14.1. The summed E-state index contributed by atoms with van der Waals surface area (Å²) in [5, 5.41) is 9.48. The van der Waals surface area contributed by atoms with Crippen LogP contribution in [0.3, 0.4) is 0 Å². The molecule has 2 unspecified atom stereocenters. The van der Waals surface area contributed by atoms with E-state index in [-0.39, 0.29) is 3.92 Å². The Morgan fingerprint density at radius 2 is 2.22 bits per heavy atom. The van der Waals surface area contributed by atoms with Crippen LogP contribution in [-0.2, 0) is 4.74 Å². The fourth-order valence-corrected chi connectivity index (χ4v) is 1.28. The third kappa shape index (κ3) is 2.39. The van der Waals surface area contributed by atoms with Crippen molar-refractivity contribution in [1.82, 2.24) is 0 Å². The summed E-state index contributed by atoms with van der Waals surface area (Å²) in [7, 11) is 1.53. The van der Waals surface area contributed by atoms with Crippen molar-refractivity contribution in [3.8, 4) is 0 Å².